The van der Waals surface area contributed by atoms with Gasteiger partial charge < -0.3 is 9.64 Å². The molecule has 0 bridgehead atoms. The normalized spacial score (nSPS) is 28.9. The lowest BCUT2D eigenvalue weighted by atomic mass is 10.4. The van der Waals surface area contributed by atoms with Gasteiger partial charge in [0.2, 0.25) is 0 Å². The monoisotopic (exact) mass is 221 g/mol. The molecule has 1 rings (SSSR count). The van der Waals surface area contributed by atoms with E-state index in [9.17, 15) is 4.79 Å². The minimum atomic E-state index is -0.104. The molecule has 5 heteroatoms. The summed E-state index contributed by atoms with van der Waals surface area (Å²) >= 11 is 3.36. The fraction of sp³-hybridized carbons (Fsp3) is 0.875. The van der Waals surface area contributed by atoms with E-state index in [1.807, 2.05) is 0 Å². The van der Waals surface area contributed by atoms with Crippen LogP contribution in [0.1, 0.15) is 0 Å². The van der Waals surface area contributed by atoms with E-state index < -0.39 is 0 Å². The lowest BCUT2D eigenvalue weighted by Gasteiger charge is -2.30. The molecular weight excluding hydrogens is 206 g/mol. The average molecular weight is 221 g/mol. The van der Waals surface area contributed by atoms with E-state index in [1.54, 1.807) is 23.5 Å². The SMILES string of the molecule is COC(=O)C1SCC(N(C)C)CS1. The van der Waals surface area contributed by atoms with Gasteiger partial charge in [0.15, 0.2) is 0 Å². The van der Waals surface area contributed by atoms with Crippen molar-refractivity contribution in [1.82, 2.24) is 4.90 Å². The quantitative estimate of drug-likeness (QED) is 0.646. The second-order valence-corrected chi connectivity index (χ2v) is 5.71. The van der Waals surface area contributed by atoms with Crippen molar-refractivity contribution in [2.45, 2.75) is 10.6 Å². The van der Waals surface area contributed by atoms with E-state index in [1.165, 1.54) is 7.11 Å². The van der Waals surface area contributed by atoms with Crippen LogP contribution in [0.2, 0.25) is 0 Å². The summed E-state index contributed by atoms with van der Waals surface area (Å²) in [6.07, 6.45) is 0. The minimum Gasteiger partial charge on any atom is -0.468 e. The Labute approximate surface area is 87.6 Å². The number of ether oxygens (including phenoxy) is 1. The van der Waals surface area contributed by atoms with Crippen LogP contribution in [0.15, 0.2) is 0 Å². The Morgan fingerprint density at radius 2 is 1.92 bits per heavy atom. The van der Waals surface area contributed by atoms with Crippen molar-refractivity contribution in [3.05, 3.63) is 0 Å². The van der Waals surface area contributed by atoms with Gasteiger partial charge in [0.25, 0.3) is 0 Å². The highest BCUT2D eigenvalue weighted by atomic mass is 32.2. The van der Waals surface area contributed by atoms with Gasteiger partial charge in [-0.1, -0.05) is 0 Å². The zero-order valence-corrected chi connectivity index (χ0v) is 9.78. The number of hydrogen-bond acceptors (Lipinski definition) is 5. The third-order valence-corrected chi connectivity index (χ3v) is 4.97. The van der Waals surface area contributed by atoms with Crippen molar-refractivity contribution < 1.29 is 9.53 Å². The molecule has 0 spiro atoms. The maximum Gasteiger partial charge on any atom is 0.329 e. The molecule has 1 saturated heterocycles. The molecule has 0 aliphatic carbocycles. The molecule has 0 unspecified atom stereocenters. The number of methoxy groups -OCH3 is 1. The Hall–Kier alpha value is 0.130. The predicted molar refractivity (Wildman–Crippen MR) is 58.2 cm³/mol. The average Bonchev–Trinajstić information content (AvgIpc) is 2.17. The molecule has 0 radical (unpaired) electrons. The first-order valence-electron chi connectivity index (χ1n) is 4.12. The second kappa shape index (κ2) is 5.12. The molecule has 0 aromatic rings. The molecule has 0 saturated carbocycles. The number of thioether (sulfide) groups is 2. The van der Waals surface area contributed by atoms with Crippen molar-refractivity contribution in [1.29, 1.82) is 0 Å². The van der Waals surface area contributed by atoms with Crippen LogP contribution in [-0.4, -0.2) is 54.2 Å². The first kappa shape index (κ1) is 11.2. The molecule has 3 nitrogen and oxygen atoms in total. The Kier molecular flexibility index (Phi) is 4.41. The van der Waals surface area contributed by atoms with Crippen LogP contribution in [0.5, 0.6) is 0 Å². The molecule has 0 aromatic heterocycles. The number of esters is 1. The summed E-state index contributed by atoms with van der Waals surface area (Å²) in [5.74, 6) is 1.92. The van der Waals surface area contributed by atoms with E-state index in [0.717, 1.165) is 11.5 Å². The minimum absolute atomic E-state index is 0.0128. The second-order valence-electron chi connectivity index (χ2n) is 3.14. The topological polar surface area (TPSA) is 29.5 Å². The summed E-state index contributed by atoms with van der Waals surface area (Å²) in [6, 6.07) is 0.580. The molecule has 1 heterocycles. The Morgan fingerprint density at radius 3 is 2.31 bits per heavy atom. The van der Waals surface area contributed by atoms with Crippen molar-refractivity contribution >= 4 is 29.5 Å². The van der Waals surface area contributed by atoms with Gasteiger partial charge in [-0.25, -0.2) is 4.79 Å². The largest absolute Gasteiger partial charge is 0.468 e. The van der Waals surface area contributed by atoms with Crippen molar-refractivity contribution in [3.8, 4) is 0 Å². The molecule has 0 aromatic carbocycles. The molecule has 13 heavy (non-hydrogen) atoms. The summed E-state index contributed by atoms with van der Waals surface area (Å²) in [6.45, 7) is 0. The van der Waals surface area contributed by atoms with Crippen LogP contribution in [0, 0.1) is 0 Å². The van der Waals surface area contributed by atoms with E-state index in [0.29, 0.717) is 6.04 Å². The van der Waals surface area contributed by atoms with Crippen molar-refractivity contribution in [2.24, 2.45) is 0 Å². The highest BCUT2D eigenvalue weighted by molar-refractivity contribution is 8.18. The zero-order valence-electron chi connectivity index (χ0n) is 8.15. The predicted octanol–water partition coefficient (Wildman–Crippen LogP) is 0.896. The maximum atomic E-state index is 11.2. The van der Waals surface area contributed by atoms with Gasteiger partial charge in [-0.05, 0) is 14.1 Å². The Balaban J connectivity index is 2.34. The van der Waals surface area contributed by atoms with Gasteiger partial charge in [-0.15, -0.1) is 23.5 Å². The van der Waals surface area contributed by atoms with Gasteiger partial charge in [-0.3, -0.25) is 0 Å². The Bertz CT molecular complexity index is 179. The fourth-order valence-corrected chi connectivity index (χ4v) is 4.12. The van der Waals surface area contributed by atoms with E-state index in [4.69, 9.17) is 4.74 Å². The summed E-state index contributed by atoms with van der Waals surface area (Å²) < 4.78 is 4.68. The molecule has 1 aliphatic rings. The van der Waals surface area contributed by atoms with Gasteiger partial charge >= 0.3 is 5.97 Å². The third kappa shape index (κ3) is 3.07. The summed E-state index contributed by atoms with van der Waals surface area (Å²) in [4.78, 5) is 13.4. The number of rotatable bonds is 2. The number of carbonyl (C=O) groups excluding carboxylic acids is 1. The highest BCUT2D eigenvalue weighted by Crippen LogP contribution is 2.32. The standard InChI is InChI=1S/C8H15NO2S2/c1-9(2)6-4-12-8(13-5-6)7(10)11-3/h6,8H,4-5H2,1-3H3. The summed E-state index contributed by atoms with van der Waals surface area (Å²) in [5.41, 5.74) is 0. The van der Waals surface area contributed by atoms with E-state index >= 15 is 0 Å². The first-order chi connectivity index (χ1) is 6.15. The first-order valence-corrected chi connectivity index (χ1v) is 6.22. The molecule has 0 amide bonds. The van der Waals surface area contributed by atoms with Gasteiger partial charge in [0.05, 0.1) is 7.11 Å². The van der Waals surface area contributed by atoms with Crippen LogP contribution < -0.4 is 0 Å². The molecule has 0 atom stereocenters. The lowest BCUT2D eigenvalue weighted by Crippen LogP contribution is -2.37. The van der Waals surface area contributed by atoms with Crippen LogP contribution in [-0.2, 0) is 9.53 Å². The fourth-order valence-electron chi connectivity index (χ4n) is 1.02. The van der Waals surface area contributed by atoms with E-state index in [-0.39, 0.29) is 10.6 Å². The van der Waals surface area contributed by atoms with Crippen LogP contribution in [0.4, 0.5) is 0 Å². The highest BCUT2D eigenvalue weighted by Gasteiger charge is 2.28. The van der Waals surface area contributed by atoms with Gasteiger partial charge in [-0.2, -0.15) is 0 Å². The number of nitrogens with zero attached hydrogens (tertiary/aromatic N) is 1. The zero-order chi connectivity index (χ0) is 9.84. The molecule has 1 fully saturated rings. The molecule has 0 N–H and O–H groups in total. The number of hydrogen-bond donors (Lipinski definition) is 0. The van der Waals surface area contributed by atoms with Crippen LogP contribution in [0.25, 0.3) is 0 Å². The lowest BCUT2D eigenvalue weighted by molar-refractivity contribution is -0.138. The van der Waals surface area contributed by atoms with Crippen molar-refractivity contribution in [2.75, 3.05) is 32.7 Å². The summed E-state index contributed by atoms with van der Waals surface area (Å²) in [7, 11) is 5.59. The maximum absolute atomic E-state index is 11.2. The number of carbonyl (C=O) groups is 1. The van der Waals surface area contributed by atoms with Crippen LogP contribution in [0.3, 0.4) is 0 Å². The van der Waals surface area contributed by atoms with Crippen LogP contribution >= 0.6 is 23.5 Å². The van der Waals surface area contributed by atoms with Crippen molar-refractivity contribution in [3.63, 3.8) is 0 Å². The molecular formula is C8H15NO2S2. The molecule has 1 aliphatic heterocycles. The van der Waals surface area contributed by atoms with Gasteiger partial charge in [0, 0.05) is 17.5 Å². The smallest absolute Gasteiger partial charge is 0.329 e. The van der Waals surface area contributed by atoms with E-state index in [2.05, 4.69) is 19.0 Å². The molecule has 76 valence electrons. The Morgan fingerprint density at radius 1 is 1.38 bits per heavy atom. The van der Waals surface area contributed by atoms with Gasteiger partial charge in [0.1, 0.15) is 4.58 Å². The summed E-state index contributed by atoms with van der Waals surface area (Å²) in [5, 5.41) is 0. The third-order valence-electron chi connectivity index (χ3n) is 2.00.